The summed E-state index contributed by atoms with van der Waals surface area (Å²) in [6.07, 6.45) is 1.45. The van der Waals surface area contributed by atoms with Crippen LogP contribution < -0.4 is 5.32 Å². The molecule has 17 heavy (non-hydrogen) atoms. The average Bonchev–Trinajstić information content (AvgIpc) is 2.30. The molecule has 0 aliphatic rings. The van der Waals surface area contributed by atoms with Crippen molar-refractivity contribution >= 4 is 17.4 Å². The summed E-state index contributed by atoms with van der Waals surface area (Å²) in [6, 6.07) is 6.67. The summed E-state index contributed by atoms with van der Waals surface area (Å²) < 4.78 is 0. The molecule has 0 saturated carbocycles. The Labute approximate surface area is 106 Å². The second-order valence-corrected chi connectivity index (χ2v) is 4.24. The van der Waals surface area contributed by atoms with Crippen LogP contribution in [0.3, 0.4) is 0 Å². The van der Waals surface area contributed by atoms with Gasteiger partial charge in [-0.25, -0.2) is 4.85 Å². The van der Waals surface area contributed by atoms with E-state index in [0.29, 0.717) is 10.6 Å². The van der Waals surface area contributed by atoms with E-state index in [1.165, 1.54) is 6.20 Å². The third-order valence-corrected chi connectivity index (χ3v) is 2.26. The molecule has 0 unspecified atom stereocenters. The number of rotatable bonds is 4. The molecule has 4 heteroatoms. The van der Waals surface area contributed by atoms with E-state index in [4.69, 9.17) is 18.2 Å². The van der Waals surface area contributed by atoms with Crippen molar-refractivity contribution in [3.63, 3.8) is 0 Å². The van der Waals surface area contributed by atoms with Gasteiger partial charge in [0.05, 0.1) is 6.57 Å². The van der Waals surface area contributed by atoms with Crippen LogP contribution in [-0.2, 0) is 0 Å². The maximum absolute atomic E-state index is 11.9. The van der Waals surface area contributed by atoms with Crippen LogP contribution in [0, 0.1) is 6.57 Å². The number of Topliss-reactive ketones (excluding diaryl/α,β-unsaturated/α-hetero) is 1. The summed E-state index contributed by atoms with van der Waals surface area (Å²) >= 11 is 5.73. The van der Waals surface area contributed by atoms with Gasteiger partial charge in [-0.15, -0.1) is 0 Å². The van der Waals surface area contributed by atoms with Gasteiger partial charge in [-0.1, -0.05) is 23.7 Å². The van der Waals surface area contributed by atoms with Crippen LogP contribution in [0.15, 0.2) is 36.2 Å². The lowest BCUT2D eigenvalue weighted by molar-refractivity contribution is 0.103. The molecule has 1 aromatic carbocycles. The molecule has 0 radical (unpaired) electrons. The van der Waals surface area contributed by atoms with Gasteiger partial charge in [0.1, 0.15) is 0 Å². The Balaban J connectivity index is 2.91. The minimum atomic E-state index is -0.301. The van der Waals surface area contributed by atoms with Gasteiger partial charge < -0.3 is 10.1 Å². The predicted molar refractivity (Wildman–Crippen MR) is 68.7 cm³/mol. The van der Waals surface area contributed by atoms with Gasteiger partial charge in [0, 0.05) is 22.8 Å². The zero-order valence-electron chi connectivity index (χ0n) is 9.70. The summed E-state index contributed by atoms with van der Waals surface area (Å²) in [7, 11) is 0. The number of carbonyl (C=O) groups excluding carboxylic acids is 1. The van der Waals surface area contributed by atoms with Crippen LogP contribution in [0.2, 0.25) is 5.02 Å². The number of carbonyl (C=O) groups is 1. The van der Waals surface area contributed by atoms with Crippen LogP contribution in [0.4, 0.5) is 0 Å². The molecule has 0 heterocycles. The molecule has 0 aliphatic carbocycles. The zero-order valence-corrected chi connectivity index (χ0v) is 10.5. The zero-order chi connectivity index (χ0) is 12.8. The summed E-state index contributed by atoms with van der Waals surface area (Å²) in [5, 5.41) is 3.50. The molecule has 1 N–H and O–H groups in total. The van der Waals surface area contributed by atoms with Crippen LogP contribution in [0.5, 0.6) is 0 Å². The van der Waals surface area contributed by atoms with Crippen molar-refractivity contribution in [1.29, 1.82) is 0 Å². The number of hydrogen-bond acceptors (Lipinski definition) is 2. The first-order chi connectivity index (χ1) is 8.04. The van der Waals surface area contributed by atoms with Crippen molar-refractivity contribution in [1.82, 2.24) is 5.32 Å². The molecule has 3 nitrogen and oxygen atoms in total. The first-order valence-corrected chi connectivity index (χ1v) is 5.56. The lowest BCUT2D eigenvalue weighted by Crippen LogP contribution is -2.17. The molecule has 0 atom stereocenters. The minimum Gasteiger partial charge on any atom is -0.398 e. The largest absolute Gasteiger partial charge is 0.398 e. The Kier molecular flexibility index (Phi) is 4.74. The Bertz CT molecular complexity index is 469. The van der Waals surface area contributed by atoms with Gasteiger partial charge in [-0.2, -0.15) is 0 Å². The van der Waals surface area contributed by atoms with Crippen LogP contribution >= 0.6 is 11.6 Å². The molecular weight excluding hydrogens is 236 g/mol. The van der Waals surface area contributed by atoms with Crippen molar-refractivity contribution in [2.75, 3.05) is 0 Å². The lowest BCUT2D eigenvalue weighted by atomic mass is 10.1. The highest BCUT2D eigenvalue weighted by molar-refractivity contribution is 6.30. The standard InChI is InChI=1S/C13H13ClN2O/c1-9(2)16-8-12(15-3)13(17)10-4-6-11(14)7-5-10/h4-9,16H,1-2H3/b12-8+. The van der Waals surface area contributed by atoms with E-state index in [1.807, 2.05) is 13.8 Å². The molecule has 0 spiro atoms. The molecule has 88 valence electrons. The SMILES string of the molecule is [C-]#[N+]/C(=C/NC(C)C)C(=O)c1ccc(Cl)cc1. The van der Waals surface area contributed by atoms with Crippen molar-refractivity contribution in [2.45, 2.75) is 19.9 Å². The Hall–Kier alpha value is -1.79. The number of nitrogens with one attached hydrogen (secondary N) is 1. The van der Waals surface area contributed by atoms with Crippen molar-refractivity contribution < 1.29 is 4.79 Å². The fourth-order valence-corrected chi connectivity index (χ4v) is 1.27. The summed E-state index contributed by atoms with van der Waals surface area (Å²) in [5.41, 5.74) is 0.531. The van der Waals surface area contributed by atoms with Crippen LogP contribution in [0.25, 0.3) is 4.85 Å². The minimum absolute atomic E-state index is 0.0704. The quantitative estimate of drug-likeness (QED) is 0.504. The highest BCUT2D eigenvalue weighted by Crippen LogP contribution is 2.13. The molecule has 0 aromatic heterocycles. The summed E-state index contributed by atoms with van der Waals surface area (Å²) in [5.74, 6) is -0.301. The molecule has 0 saturated heterocycles. The van der Waals surface area contributed by atoms with E-state index in [-0.39, 0.29) is 17.5 Å². The van der Waals surface area contributed by atoms with Crippen molar-refractivity contribution in [3.05, 3.63) is 58.2 Å². The third kappa shape index (κ3) is 3.93. The van der Waals surface area contributed by atoms with Crippen molar-refractivity contribution in [3.8, 4) is 0 Å². The van der Waals surface area contributed by atoms with Crippen molar-refractivity contribution in [2.24, 2.45) is 0 Å². The molecule has 0 fully saturated rings. The predicted octanol–water partition coefficient (Wildman–Crippen LogP) is 3.28. The fraction of sp³-hybridized carbons (Fsp3) is 0.231. The highest BCUT2D eigenvalue weighted by Gasteiger charge is 2.12. The summed E-state index contributed by atoms with van der Waals surface area (Å²) in [6.45, 7) is 10.9. The van der Waals surface area contributed by atoms with Gasteiger partial charge >= 0.3 is 0 Å². The second kappa shape index (κ2) is 6.07. The fourth-order valence-electron chi connectivity index (χ4n) is 1.14. The molecule has 0 amide bonds. The third-order valence-electron chi connectivity index (χ3n) is 2.01. The smallest absolute Gasteiger partial charge is 0.249 e. The van der Waals surface area contributed by atoms with Gasteiger partial charge in [-0.3, -0.25) is 0 Å². The van der Waals surface area contributed by atoms with E-state index in [1.54, 1.807) is 24.3 Å². The Morgan fingerprint density at radius 1 is 1.41 bits per heavy atom. The molecular formula is C13H13ClN2O. The second-order valence-electron chi connectivity index (χ2n) is 3.80. The van der Waals surface area contributed by atoms with Gasteiger partial charge in [0.15, 0.2) is 5.78 Å². The first-order valence-electron chi connectivity index (χ1n) is 5.18. The maximum Gasteiger partial charge on any atom is 0.249 e. The molecule has 0 bridgehead atoms. The topological polar surface area (TPSA) is 33.5 Å². The van der Waals surface area contributed by atoms with E-state index in [2.05, 4.69) is 10.2 Å². The molecule has 1 rings (SSSR count). The maximum atomic E-state index is 11.9. The van der Waals surface area contributed by atoms with Gasteiger partial charge in [0.2, 0.25) is 5.70 Å². The normalized spacial score (nSPS) is 11.1. The van der Waals surface area contributed by atoms with E-state index in [0.717, 1.165) is 0 Å². The lowest BCUT2D eigenvalue weighted by Gasteiger charge is -2.05. The van der Waals surface area contributed by atoms with Gasteiger partial charge in [0.25, 0.3) is 0 Å². The average molecular weight is 249 g/mol. The number of nitrogens with zero attached hydrogens (tertiary/aromatic N) is 1. The first kappa shape index (κ1) is 13.3. The van der Waals surface area contributed by atoms with Crippen LogP contribution in [0.1, 0.15) is 24.2 Å². The number of benzene rings is 1. The summed E-state index contributed by atoms with van der Waals surface area (Å²) in [4.78, 5) is 15.2. The van der Waals surface area contributed by atoms with Crippen LogP contribution in [-0.4, -0.2) is 11.8 Å². The molecule has 1 aromatic rings. The molecule has 0 aliphatic heterocycles. The number of ketones is 1. The van der Waals surface area contributed by atoms with E-state index in [9.17, 15) is 4.79 Å². The monoisotopic (exact) mass is 248 g/mol. The van der Waals surface area contributed by atoms with E-state index < -0.39 is 0 Å². The Morgan fingerprint density at radius 2 is 2.00 bits per heavy atom. The number of halogens is 1. The highest BCUT2D eigenvalue weighted by atomic mass is 35.5. The van der Waals surface area contributed by atoms with Gasteiger partial charge in [-0.05, 0) is 26.0 Å². The van der Waals surface area contributed by atoms with E-state index >= 15 is 0 Å². The number of allylic oxidation sites excluding steroid dienone is 1. The number of hydrogen-bond donors (Lipinski definition) is 1. The Morgan fingerprint density at radius 3 is 2.47 bits per heavy atom.